The maximum absolute atomic E-state index is 12.8. The Morgan fingerprint density at radius 1 is 1.25 bits per heavy atom. The van der Waals surface area contributed by atoms with Crippen LogP contribution in [0.25, 0.3) is 0 Å². The smallest absolute Gasteiger partial charge is 0.243 e. The van der Waals surface area contributed by atoms with Crippen LogP contribution in [-0.4, -0.2) is 35.9 Å². The summed E-state index contributed by atoms with van der Waals surface area (Å²) in [5.74, 6) is 0.920. The van der Waals surface area contributed by atoms with E-state index in [1.807, 2.05) is 31.2 Å². The van der Waals surface area contributed by atoms with Crippen LogP contribution < -0.4 is 10.1 Å². The number of rotatable bonds is 4. The molecule has 1 aromatic carbocycles. The number of carbonyl (C=O) groups is 2. The minimum absolute atomic E-state index is 0.0290. The molecule has 0 radical (unpaired) electrons. The molecule has 2 heterocycles. The molecule has 1 fully saturated rings. The number of fused-ring (bicyclic) bond motifs is 1. The van der Waals surface area contributed by atoms with E-state index in [0.29, 0.717) is 19.6 Å². The van der Waals surface area contributed by atoms with Crippen molar-refractivity contribution in [3.63, 3.8) is 0 Å². The molecule has 0 aliphatic carbocycles. The van der Waals surface area contributed by atoms with Gasteiger partial charge < -0.3 is 15.0 Å². The van der Waals surface area contributed by atoms with E-state index in [1.54, 1.807) is 4.90 Å². The van der Waals surface area contributed by atoms with Crippen molar-refractivity contribution in [1.29, 1.82) is 0 Å². The molecule has 130 valence electrons. The van der Waals surface area contributed by atoms with Gasteiger partial charge in [-0.05, 0) is 38.2 Å². The number of likely N-dealkylation sites (tertiary alicyclic amines) is 1. The first-order valence-corrected chi connectivity index (χ1v) is 9.02. The van der Waals surface area contributed by atoms with E-state index >= 15 is 0 Å². The van der Waals surface area contributed by atoms with Crippen molar-refractivity contribution in [2.75, 3.05) is 13.2 Å². The fourth-order valence-corrected chi connectivity index (χ4v) is 3.64. The summed E-state index contributed by atoms with van der Waals surface area (Å²) in [5, 5.41) is 3.17. The Balaban J connectivity index is 1.71. The number of ether oxygens (including phenoxy) is 1. The van der Waals surface area contributed by atoms with Crippen molar-refractivity contribution in [1.82, 2.24) is 10.2 Å². The number of hydrogen-bond donors (Lipinski definition) is 1. The Bertz CT molecular complexity index is 602. The van der Waals surface area contributed by atoms with E-state index in [0.717, 1.165) is 43.4 Å². The number of para-hydroxylation sites is 1. The fourth-order valence-electron chi connectivity index (χ4n) is 3.64. The van der Waals surface area contributed by atoms with Gasteiger partial charge in [-0.3, -0.25) is 9.59 Å². The third-order valence-corrected chi connectivity index (χ3v) is 4.85. The number of carbonyl (C=O) groups excluding carboxylic acids is 2. The Morgan fingerprint density at radius 3 is 2.92 bits per heavy atom. The molecule has 1 N–H and O–H groups in total. The van der Waals surface area contributed by atoms with Gasteiger partial charge in [-0.15, -0.1) is 0 Å². The minimum Gasteiger partial charge on any atom is -0.493 e. The summed E-state index contributed by atoms with van der Waals surface area (Å²) in [5.41, 5.74) is 1.03. The Kier molecular flexibility index (Phi) is 5.38. The lowest BCUT2D eigenvalue weighted by Crippen LogP contribution is -2.46. The molecule has 5 heteroatoms. The van der Waals surface area contributed by atoms with Crippen LogP contribution >= 0.6 is 0 Å². The summed E-state index contributed by atoms with van der Waals surface area (Å²) >= 11 is 0. The second-order valence-corrected chi connectivity index (χ2v) is 6.58. The fraction of sp³-hybridized carbons (Fsp3) is 0.579. The summed E-state index contributed by atoms with van der Waals surface area (Å²) in [6, 6.07) is 7.53. The van der Waals surface area contributed by atoms with E-state index in [9.17, 15) is 9.59 Å². The molecule has 2 aliphatic rings. The van der Waals surface area contributed by atoms with Crippen LogP contribution in [0.1, 0.15) is 57.1 Å². The molecule has 24 heavy (non-hydrogen) atoms. The van der Waals surface area contributed by atoms with Gasteiger partial charge in [0.25, 0.3) is 0 Å². The van der Waals surface area contributed by atoms with E-state index in [2.05, 4.69) is 5.32 Å². The molecule has 0 aromatic heterocycles. The molecule has 2 amide bonds. The van der Waals surface area contributed by atoms with E-state index < -0.39 is 0 Å². The predicted octanol–water partition coefficient (Wildman–Crippen LogP) is 2.81. The molecule has 0 bridgehead atoms. The molecule has 1 saturated heterocycles. The van der Waals surface area contributed by atoms with Crippen LogP contribution in [0.2, 0.25) is 0 Å². The zero-order valence-corrected chi connectivity index (χ0v) is 14.3. The van der Waals surface area contributed by atoms with Crippen molar-refractivity contribution >= 4 is 11.8 Å². The summed E-state index contributed by atoms with van der Waals surface area (Å²) < 4.78 is 5.76. The molecule has 0 unspecified atom stereocenters. The summed E-state index contributed by atoms with van der Waals surface area (Å²) in [6.45, 7) is 3.36. The van der Waals surface area contributed by atoms with Crippen molar-refractivity contribution in [2.45, 2.75) is 57.5 Å². The number of hydrogen-bond acceptors (Lipinski definition) is 3. The maximum Gasteiger partial charge on any atom is 0.243 e. The van der Waals surface area contributed by atoms with Gasteiger partial charge in [-0.2, -0.15) is 0 Å². The second kappa shape index (κ2) is 7.69. The van der Waals surface area contributed by atoms with Gasteiger partial charge >= 0.3 is 0 Å². The lowest BCUT2D eigenvalue weighted by Gasteiger charge is -2.26. The Labute approximate surface area is 143 Å². The largest absolute Gasteiger partial charge is 0.493 e. The highest BCUT2D eigenvalue weighted by Crippen LogP contribution is 2.31. The van der Waals surface area contributed by atoms with Crippen LogP contribution in [0, 0.1) is 0 Å². The molecule has 0 spiro atoms. The van der Waals surface area contributed by atoms with Gasteiger partial charge in [-0.1, -0.05) is 25.1 Å². The number of nitrogens with zero attached hydrogens (tertiary/aromatic N) is 1. The van der Waals surface area contributed by atoms with Gasteiger partial charge in [0.2, 0.25) is 11.8 Å². The average molecular weight is 330 g/mol. The monoisotopic (exact) mass is 330 g/mol. The standard InChI is InChI=1S/C19H26N2O3/c1-2-7-18(22)21-12-5-10-16(21)19(23)20-15-9-6-13-24-17-11-4-3-8-14(15)17/h3-4,8,11,15-16H,2,5-7,9-10,12-13H2,1H3,(H,20,23)/t15-,16+/m1/s1. The first-order chi connectivity index (χ1) is 11.7. The molecular formula is C19H26N2O3. The van der Waals surface area contributed by atoms with Crippen LogP contribution in [0.4, 0.5) is 0 Å². The van der Waals surface area contributed by atoms with Crippen LogP contribution in [-0.2, 0) is 9.59 Å². The molecule has 0 saturated carbocycles. The van der Waals surface area contributed by atoms with E-state index in [-0.39, 0.29) is 23.9 Å². The van der Waals surface area contributed by atoms with Crippen LogP contribution in [0.5, 0.6) is 5.75 Å². The Hall–Kier alpha value is -2.04. The molecule has 2 atom stereocenters. The maximum atomic E-state index is 12.8. The number of amides is 2. The van der Waals surface area contributed by atoms with Gasteiger partial charge in [0.1, 0.15) is 11.8 Å². The molecule has 1 aromatic rings. The van der Waals surface area contributed by atoms with Gasteiger partial charge in [0.05, 0.1) is 12.6 Å². The summed E-state index contributed by atoms with van der Waals surface area (Å²) in [4.78, 5) is 26.8. The number of benzene rings is 1. The van der Waals surface area contributed by atoms with Crippen molar-refractivity contribution in [2.24, 2.45) is 0 Å². The first kappa shape index (κ1) is 16.8. The highest BCUT2D eigenvalue weighted by atomic mass is 16.5. The highest BCUT2D eigenvalue weighted by molar-refractivity contribution is 5.88. The second-order valence-electron chi connectivity index (χ2n) is 6.58. The zero-order valence-electron chi connectivity index (χ0n) is 14.3. The van der Waals surface area contributed by atoms with Crippen molar-refractivity contribution in [3.05, 3.63) is 29.8 Å². The predicted molar refractivity (Wildman–Crippen MR) is 91.7 cm³/mol. The van der Waals surface area contributed by atoms with E-state index in [4.69, 9.17) is 4.74 Å². The third-order valence-electron chi connectivity index (χ3n) is 4.85. The van der Waals surface area contributed by atoms with Crippen molar-refractivity contribution in [3.8, 4) is 5.75 Å². The third kappa shape index (κ3) is 3.55. The van der Waals surface area contributed by atoms with Gasteiger partial charge in [0, 0.05) is 18.5 Å². The van der Waals surface area contributed by atoms with Crippen molar-refractivity contribution < 1.29 is 14.3 Å². The minimum atomic E-state index is -0.319. The topological polar surface area (TPSA) is 58.6 Å². The lowest BCUT2D eigenvalue weighted by atomic mass is 10.0. The van der Waals surface area contributed by atoms with Gasteiger partial charge in [0.15, 0.2) is 0 Å². The Morgan fingerprint density at radius 2 is 2.08 bits per heavy atom. The van der Waals surface area contributed by atoms with E-state index in [1.165, 1.54) is 0 Å². The normalized spacial score (nSPS) is 23.1. The molecular weight excluding hydrogens is 304 g/mol. The van der Waals surface area contributed by atoms with Crippen LogP contribution in [0.15, 0.2) is 24.3 Å². The summed E-state index contributed by atoms with van der Waals surface area (Å²) in [6.07, 6.45) is 4.76. The summed E-state index contributed by atoms with van der Waals surface area (Å²) in [7, 11) is 0. The molecule has 2 aliphatic heterocycles. The molecule has 3 rings (SSSR count). The lowest BCUT2D eigenvalue weighted by molar-refractivity contribution is -0.138. The quantitative estimate of drug-likeness (QED) is 0.923. The molecule has 5 nitrogen and oxygen atoms in total. The highest BCUT2D eigenvalue weighted by Gasteiger charge is 2.35. The average Bonchev–Trinajstić information content (AvgIpc) is 3.00. The zero-order chi connectivity index (χ0) is 16.9. The van der Waals surface area contributed by atoms with Gasteiger partial charge in [-0.25, -0.2) is 0 Å². The first-order valence-electron chi connectivity index (χ1n) is 9.02. The van der Waals surface area contributed by atoms with Crippen LogP contribution in [0.3, 0.4) is 0 Å². The SMILES string of the molecule is CCCC(=O)N1CCC[C@H]1C(=O)N[C@@H]1CCCOc2ccccc21. The number of nitrogens with one attached hydrogen (secondary N) is 1.